The summed E-state index contributed by atoms with van der Waals surface area (Å²) < 4.78 is 2.29. The quantitative estimate of drug-likeness (QED) is 0.357. The van der Waals surface area contributed by atoms with Crippen molar-refractivity contribution in [1.29, 1.82) is 0 Å². The molecule has 2 aromatic heterocycles. The van der Waals surface area contributed by atoms with Crippen LogP contribution in [0, 0.1) is 0 Å². The highest BCUT2D eigenvalue weighted by molar-refractivity contribution is 7.10. The van der Waals surface area contributed by atoms with Crippen molar-refractivity contribution in [2.24, 2.45) is 0 Å². The van der Waals surface area contributed by atoms with Crippen molar-refractivity contribution in [2.45, 2.75) is 6.04 Å². The lowest BCUT2D eigenvalue weighted by molar-refractivity contribution is 0.733. The molecule has 30 heavy (non-hydrogen) atoms. The van der Waals surface area contributed by atoms with Gasteiger partial charge in [-0.05, 0) is 46.3 Å². The van der Waals surface area contributed by atoms with Crippen LogP contribution < -0.4 is 5.32 Å². The molecular weight excluding hydrogens is 386 g/mol. The van der Waals surface area contributed by atoms with Crippen molar-refractivity contribution >= 4 is 34.0 Å². The van der Waals surface area contributed by atoms with Crippen LogP contribution in [-0.2, 0) is 0 Å². The number of thiophene rings is 1. The number of imidazole rings is 1. The van der Waals surface area contributed by atoms with E-state index in [0.717, 1.165) is 28.2 Å². The first-order valence-corrected chi connectivity index (χ1v) is 10.9. The maximum Gasteiger partial charge on any atom is 0.209 e. The van der Waals surface area contributed by atoms with Crippen LogP contribution in [0.4, 0.5) is 5.95 Å². The summed E-state index contributed by atoms with van der Waals surface area (Å²) in [5.41, 5.74) is 6.86. The van der Waals surface area contributed by atoms with Crippen LogP contribution in [0.5, 0.6) is 0 Å². The lowest BCUT2D eigenvalue weighted by atomic mass is 10.0. The third-order valence-electron chi connectivity index (χ3n) is 5.58. The Morgan fingerprint density at radius 3 is 2.27 bits per heavy atom. The summed E-state index contributed by atoms with van der Waals surface area (Å²) in [5, 5.41) is 5.71. The zero-order valence-corrected chi connectivity index (χ0v) is 17.0. The number of nitrogens with zero attached hydrogens (tertiary/aromatic N) is 2. The standard InChI is InChI=1S/C26H19N3S/c1-2-7-18(8-3-1)19-12-14-20(15-13-19)22-17-24(25-11-6-16-30-25)29-23-10-5-4-9-21(23)27-26(29)28-22/h1-17,24H,(H,27,28)/t24-/m1/s1. The predicted molar refractivity (Wildman–Crippen MR) is 126 cm³/mol. The number of benzene rings is 3. The topological polar surface area (TPSA) is 29.9 Å². The Bertz CT molecular complexity index is 1350. The van der Waals surface area contributed by atoms with E-state index in [1.54, 1.807) is 11.3 Å². The SMILES string of the molecule is C1=C(c2ccc(-c3ccccc3)cc2)Nc2nc3ccccc3n2[C@H]1c1cccs1. The monoisotopic (exact) mass is 405 g/mol. The Morgan fingerprint density at radius 2 is 1.47 bits per heavy atom. The zero-order chi connectivity index (χ0) is 19.9. The Morgan fingerprint density at radius 1 is 0.733 bits per heavy atom. The van der Waals surface area contributed by atoms with E-state index in [2.05, 4.69) is 100 Å². The van der Waals surface area contributed by atoms with E-state index in [1.807, 2.05) is 12.1 Å². The molecule has 0 amide bonds. The molecule has 0 saturated heterocycles. The normalized spacial score (nSPS) is 15.5. The Labute approximate surface area is 179 Å². The highest BCUT2D eigenvalue weighted by Gasteiger charge is 2.25. The van der Waals surface area contributed by atoms with Gasteiger partial charge in [-0.15, -0.1) is 11.3 Å². The van der Waals surface area contributed by atoms with Gasteiger partial charge in [-0.1, -0.05) is 72.8 Å². The third kappa shape index (κ3) is 2.85. The van der Waals surface area contributed by atoms with Crippen LogP contribution in [0.3, 0.4) is 0 Å². The number of hydrogen-bond acceptors (Lipinski definition) is 3. The van der Waals surface area contributed by atoms with Crippen molar-refractivity contribution in [3.05, 3.63) is 113 Å². The van der Waals surface area contributed by atoms with Crippen molar-refractivity contribution in [3.63, 3.8) is 0 Å². The van der Waals surface area contributed by atoms with E-state index in [-0.39, 0.29) is 6.04 Å². The number of para-hydroxylation sites is 2. The number of hydrogen-bond donors (Lipinski definition) is 1. The van der Waals surface area contributed by atoms with Gasteiger partial charge in [0.1, 0.15) is 0 Å². The van der Waals surface area contributed by atoms with Crippen LogP contribution >= 0.6 is 11.3 Å². The molecule has 3 nitrogen and oxygen atoms in total. The van der Waals surface area contributed by atoms with Crippen molar-refractivity contribution in [1.82, 2.24) is 9.55 Å². The molecule has 5 aromatic rings. The molecule has 0 fully saturated rings. The minimum atomic E-state index is 0.123. The summed E-state index contributed by atoms with van der Waals surface area (Å²) in [6.45, 7) is 0. The molecule has 1 aliphatic rings. The summed E-state index contributed by atoms with van der Waals surface area (Å²) in [4.78, 5) is 6.17. The first-order chi connectivity index (χ1) is 14.9. The molecule has 1 N–H and O–H groups in total. The largest absolute Gasteiger partial charge is 0.325 e. The van der Waals surface area contributed by atoms with Gasteiger partial charge >= 0.3 is 0 Å². The van der Waals surface area contributed by atoms with Crippen LogP contribution in [0.2, 0.25) is 0 Å². The molecule has 0 radical (unpaired) electrons. The van der Waals surface area contributed by atoms with E-state index in [1.165, 1.54) is 16.0 Å². The summed E-state index contributed by atoms with van der Waals surface area (Å²) in [5.74, 6) is 0.888. The number of allylic oxidation sites excluding steroid dienone is 1. The summed E-state index contributed by atoms with van der Waals surface area (Å²) in [6.07, 6.45) is 2.31. The third-order valence-corrected chi connectivity index (χ3v) is 6.53. The van der Waals surface area contributed by atoms with Gasteiger partial charge in [0.2, 0.25) is 5.95 Å². The Kier molecular flexibility index (Phi) is 4.03. The minimum Gasteiger partial charge on any atom is -0.325 e. The van der Waals surface area contributed by atoms with E-state index in [0.29, 0.717) is 0 Å². The van der Waals surface area contributed by atoms with Crippen LogP contribution in [-0.4, -0.2) is 9.55 Å². The molecule has 0 bridgehead atoms. The van der Waals surface area contributed by atoms with E-state index >= 15 is 0 Å². The molecule has 3 heterocycles. The van der Waals surface area contributed by atoms with Gasteiger partial charge in [-0.2, -0.15) is 0 Å². The van der Waals surface area contributed by atoms with Gasteiger partial charge in [0.25, 0.3) is 0 Å². The van der Waals surface area contributed by atoms with Crippen LogP contribution in [0.25, 0.3) is 27.9 Å². The Balaban J connectivity index is 1.44. The summed E-state index contributed by atoms with van der Waals surface area (Å²) in [7, 11) is 0. The molecular formula is C26H19N3S. The maximum atomic E-state index is 4.87. The van der Waals surface area contributed by atoms with Crippen molar-refractivity contribution in [3.8, 4) is 11.1 Å². The molecule has 0 spiro atoms. The smallest absolute Gasteiger partial charge is 0.209 e. The number of nitrogens with one attached hydrogen (secondary N) is 1. The second kappa shape index (κ2) is 7.01. The first kappa shape index (κ1) is 17.2. The molecule has 6 rings (SSSR count). The van der Waals surface area contributed by atoms with Crippen molar-refractivity contribution < 1.29 is 0 Å². The fourth-order valence-electron chi connectivity index (χ4n) is 4.12. The molecule has 144 valence electrons. The fourth-order valence-corrected chi connectivity index (χ4v) is 4.90. The molecule has 1 aliphatic heterocycles. The predicted octanol–water partition coefficient (Wildman–Crippen LogP) is 6.82. The highest BCUT2D eigenvalue weighted by Crippen LogP contribution is 2.38. The lowest BCUT2D eigenvalue weighted by Gasteiger charge is -2.25. The number of rotatable bonds is 3. The van der Waals surface area contributed by atoms with Gasteiger partial charge in [-0.25, -0.2) is 4.98 Å². The van der Waals surface area contributed by atoms with Crippen molar-refractivity contribution in [2.75, 3.05) is 5.32 Å². The fraction of sp³-hybridized carbons (Fsp3) is 0.0385. The van der Waals surface area contributed by atoms with Gasteiger partial charge in [0.05, 0.1) is 17.1 Å². The number of anilines is 1. The van der Waals surface area contributed by atoms with E-state index < -0.39 is 0 Å². The molecule has 3 aromatic carbocycles. The van der Waals surface area contributed by atoms with Gasteiger partial charge in [0, 0.05) is 10.6 Å². The second-order valence-corrected chi connectivity index (χ2v) is 8.38. The molecule has 0 unspecified atom stereocenters. The average Bonchev–Trinajstić information content (AvgIpc) is 3.47. The molecule has 0 aliphatic carbocycles. The van der Waals surface area contributed by atoms with E-state index in [9.17, 15) is 0 Å². The minimum absolute atomic E-state index is 0.123. The molecule has 4 heteroatoms. The highest BCUT2D eigenvalue weighted by atomic mass is 32.1. The van der Waals surface area contributed by atoms with Crippen LogP contribution in [0.1, 0.15) is 16.5 Å². The molecule has 1 atom stereocenters. The van der Waals surface area contributed by atoms with Gasteiger partial charge in [0.15, 0.2) is 0 Å². The lowest BCUT2D eigenvalue weighted by Crippen LogP contribution is -2.18. The van der Waals surface area contributed by atoms with Crippen LogP contribution in [0.15, 0.2) is 102 Å². The molecule has 0 saturated carbocycles. The average molecular weight is 406 g/mol. The number of aromatic nitrogens is 2. The summed E-state index contributed by atoms with van der Waals surface area (Å²) in [6, 6.07) is 32.0. The van der Waals surface area contributed by atoms with Gasteiger partial charge < -0.3 is 5.32 Å². The maximum absolute atomic E-state index is 4.87. The first-order valence-electron chi connectivity index (χ1n) is 10.0. The second-order valence-electron chi connectivity index (χ2n) is 7.40. The Hall–Kier alpha value is -3.63. The summed E-state index contributed by atoms with van der Waals surface area (Å²) >= 11 is 1.78. The zero-order valence-electron chi connectivity index (χ0n) is 16.2. The van der Waals surface area contributed by atoms with Gasteiger partial charge in [-0.3, -0.25) is 4.57 Å². The number of fused-ring (bicyclic) bond motifs is 3. The van der Waals surface area contributed by atoms with E-state index in [4.69, 9.17) is 4.98 Å².